The molecule has 0 spiro atoms. The summed E-state index contributed by atoms with van der Waals surface area (Å²) in [5, 5.41) is 5.45. The van der Waals surface area contributed by atoms with Gasteiger partial charge >= 0.3 is 25.0 Å². The van der Waals surface area contributed by atoms with Crippen LogP contribution in [-0.4, -0.2) is 69.1 Å². The summed E-state index contributed by atoms with van der Waals surface area (Å²) in [6.07, 6.45) is -11.0. The van der Waals surface area contributed by atoms with E-state index in [0.29, 0.717) is 30.5 Å². The average Bonchev–Trinajstić information content (AvgIpc) is 3.23. The third-order valence-electron chi connectivity index (χ3n) is 5.68. The topological polar surface area (TPSA) is 149 Å². The van der Waals surface area contributed by atoms with Crippen LogP contribution in [0.4, 0.5) is 51.3 Å². The molecule has 1 aromatic heterocycles. The molecule has 1 amide bonds. The fourth-order valence-electron chi connectivity index (χ4n) is 3.56. The Balaban J connectivity index is 1.99. The van der Waals surface area contributed by atoms with Crippen LogP contribution < -0.4 is 19.1 Å². The molecule has 246 valence electrons. The summed E-state index contributed by atoms with van der Waals surface area (Å²) in [6, 6.07) is 3.09. The zero-order chi connectivity index (χ0) is 33.5. The van der Waals surface area contributed by atoms with E-state index in [-0.39, 0.29) is 27.5 Å². The molecule has 0 aliphatic carbocycles. The highest BCUT2D eigenvalue weighted by Gasteiger charge is 2.51. The van der Waals surface area contributed by atoms with Gasteiger partial charge in [-0.2, -0.15) is 40.2 Å². The maximum Gasteiger partial charge on any atom is 0.427 e. The number of benzene rings is 1. The molecule has 2 heterocycles. The van der Waals surface area contributed by atoms with Crippen LogP contribution in [0, 0.1) is 6.92 Å². The van der Waals surface area contributed by atoms with Gasteiger partial charge in [-0.05, 0) is 45.0 Å². The summed E-state index contributed by atoms with van der Waals surface area (Å²) in [6.45, 7) is -1.67. The molecule has 1 unspecified atom stereocenters. The zero-order valence-electron chi connectivity index (χ0n) is 22.6. The first-order chi connectivity index (χ1) is 19.9. The monoisotopic (exact) mass is 685 g/mol. The second-order valence-electron chi connectivity index (χ2n) is 9.59. The first kappa shape index (κ1) is 34.7. The third kappa shape index (κ3) is 8.21. The number of halogens is 8. The smallest absolute Gasteiger partial charge is 0.427 e. The Labute approximate surface area is 244 Å². The lowest BCUT2D eigenvalue weighted by Crippen LogP contribution is -2.44. The number of hydrogen-bond donors (Lipinski definition) is 2. The number of amides is 1. The highest BCUT2D eigenvalue weighted by Crippen LogP contribution is 2.40. The van der Waals surface area contributed by atoms with Crippen molar-refractivity contribution in [3.05, 3.63) is 42.4 Å². The van der Waals surface area contributed by atoms with Crippen molar-refractivity contribution in [1.29, 1.82) is 0 Å². The molecule has 1 aliphatic rings. The van der Waals surface area contributed by atoms with Crippen molar-refractivity contribution in [3.8, 4) is 5.75 Å². The molecule has 1 atom stereocenters. The van der Waals surface area contributed by atoms with Crippen LogP contribution >= 0.6 is 0 Å². The number of hydrogen-bond acceptors (Lipinski definition) is 8. The van der Waals surface area contributed by atoms with Crippen LogP contribution in [0.25, 0.3) is 0 Å². The Bertz CT molecular complexity index is 1640. The van der Waals surface area contributed by atoms with E-state index in [0.717, 1.165) is 31.2 Å². The van der Waals surface area contributed by atoms with E-state index in [4.69, 9.17) is 4.74 Å². The molecule has 0 saturated heterocycles. The van der Waals surface area contributed by atoms with Crippen molar-refractivity contribution < 1.29 is 66.2 Å². The largest absolute Gasteiger partial charge is 0.482 e. The van der Waals surface area contributed by atoms with Crippen LogP contribution in [0.5, 0.6) is 5.75 Å². The van der Waals surface area contributed by atoms with Crippen LogP contribution in [0.3, 0.4) is 0 Å². The summed E-state index contributed by atoms with van der Waals surface area (Å²) >= 11 is 0. The lowest BCUT2D eigenvalue weighted by atomic mass is 10.1. The molecule has 0 fully saturated rings. The molecule has 22 heteroatoms. The standard InChI is InChI=1S/C22H23F8N5O7S2/c1-12-17(10-34(33-12)18(23)24)44(39,40)35-9-14(6-7-31-43(37,38)11-21(25,26)27)41-16-5-4-13(8-15(16)35)32-19(36)42-20(2,3)22(28,29)30/h4-8,10,14,18,31H,9,11H2,1-3H3,(H,32,36)/b7-6+. The number of nitrogens with zero attached hydrogens (tertiary/aromatic N) is 3. The second kappa shape index (κ2) is 11.9. The normalized spacial score (nSPS) is 16.5. The van der Waals surface area contributed by atoms with Crippen molar-refractivity contribution in [2.45, 2.75) is 56.3 Å². The number of ether oxygens (including phenoxy) is 2. The summed E-state index contributed by atoms with van der Waals surface area (Å²) < 4.78 is 166. The summed E-state index contributed by atoms with van der Waals surface area (Å²) in [7, 11) is -9.69. The number of fused-ring (bicyclic) bond motifs is 1. The highest BCUT2D eigenvalue weighted by molar-refractivity contribution is 7.93. The Kier molecular flexibility index (Phi) is 9.40. The number of alkyl halides is 8. The number of aryl methyl sites for hydroxylation is 1. The summed E-state index contributed by atoms with van der Waals surface area (Å²) in [5.41, 5.74) is -3.92. The van der Waals surface area contributed by atoms with E-state index in [1.54, 1.807) is 4.72 Å². The van der Waals surface area contributed by atoms with Crippen LogP contribution in [-0.2, 0) is 24.8 Å². The van der Waals surface area contributed by atoms with E-state index in [9.17, 15) is 56.8 Å². The molecule has 1 aliphatic heterocycles. The van der Waals surface area contributed by atoms with Gasteiger partial charge in [0.2, 0.25) is 15.6 Å². The van der Waals surface area contributed by atoms with Crippen molar-refractivity contribution in [1.82, 2.24) is 14.5 Å². The van der Waals surface area contributed by atoms with Gasteiger partial charge in [0.15, 0.2) is 5.75 Å². The van der Waals surface area contributed by atoms with E-state index >= 15 is 0 Å². The van der Waals surface area contributed by atoms with Gasteiger partial charge in [0.1, 0.15) is 16.7 Å². The molecule has 0 saturated carbocycles. The van der Waals surface area contributed by atoms with E-state index in [2.05, 4.69) is 9.84 Å². The van der Waals surface area contributed by atoms with Gasteiger partial charge in [0, 0.05) is 11.9 Å². The Morgan fingerprint density at radius 2 is 1.80 bits per heavy atom. The zero-order valence-corrected chi connectivity index (χ0v) is 24.2. The van der Waals surface area contributed by atoms with Gasteiger partial charge < -0.3 is 9.47 Å². The number of carbonyl (C=O) groups excluding carboxylic acids is 1. The molecule has 1 aromatic carbocycles. The Hall–Kier alpha value is -3.82. The lowest BCUT2D eigenvalue weighted by Gasteiger charge is -2.34. The molecular weight excluding hydrogens is 662 g/mol. The molecule has 12 nitrogen and oxygen atoms in total. The van der Waals surface area contributed by atoms with Gasteiger partial charge in [0.05, 0.1) is 24.1 Å². The van der Waals surface area contributed by atoms with Gasteiger partial charge in [-0.15, -0.1) is 0 Å². The predicted molar refractivity (Wildman–Crippen MR) is 136 cm³/mol. The molecular formula is C22H23F8N5O7S2. The Morgan fingerprint density at radius 1 is 1.16 bits per heavy atom. The quantitative estimate of drug-likeness (QED) is 0.369. The highest BCUT2D eigenvalue weighted by atomic mass is 32.2. The molecule has 3 rings (SSSR count). The van der Waals surface area contributed by atoms with E-state index < -0.39 is 73.9 Å². The van der Waals surface area contributed by atoms with E-state index in [1.807, 2.05) is 5.32 Å². The first-order valence-corrected chi connectivity index (χ1v) is 15.0. The summed E-state index contributed by atoms with van der Waals surface area (Å²) in [5.74, 6) is -2.49. The van der Waals surface area contributed by atoms with Crippen molar-refractivity contribution >= 4 is 37.5 Å². The summed E-state index contributed by atoms with van der Waals surface area (Å²) in [4.78, 5) is 11.5. The van der Waals surface area contributed by atoms with Crippen molar-refractivity contribution in [3.63, 3.8) is 0 Å². The van der Waals surface area contributed by atoms with E-state index in [1.165, 1.54) is 0 Å². The second-order valence-corrected chi connectivity index (χ2v) is 13.2. The van der Waals surface area contributed by atoms with Crippen LogP contribution in [0.1, 0.15) is 26.1 Å². The van der Waals surface area contributed by atoms with Crippen molar-refractivity contribution in [2.24, 2.45) is 0 Å². The number of carbonyl (C=O) groups is 1. The number of rotatable bonds is 9. The minimum absolute atomic E-state index is 0.0623. The molecule has 2 aromatic rings. The predicted octanol–water partition coefficient (Wildman–Crippen LogP) is 4.43. The number of sulfonamides is 2. The van der Waals surface area contributed by atoms with Crippen molar-refractivity contribution in [2.75, 3.05) is 21.9 Å². The first-order valence-electron chi connectivity index (χ1n) is 11.9. The number of aromatic nitrogens is 2. The van der Waals surface area contributed by atoms with Gasteiger partial charge in [-0.3, -0.25) is 14.3 Å². The minimum atomic E-state index is -5.06. The van der Waals surface area contributed by atoms with Gasteiger partial charge in [-0.1, -0.05) is 0 Å². The SMILES string of the molecule is Cc1nn(C(F)F)cc1S(=O)(=O)N1CC(/C=C/NS(=O)(=O)CC(F)(F)F)Oc2ccc(NC(=O)OC(C)(C)C(F)(F)F)cc21. The van der Waals surface area contributed by atoms with Gasteiger partial charge in [-0.25, -0.2) is 26.3 Å². The fourth-order valence-corrected chi connectivity index (χ4v) is 5.99. The molecule has 44 heavy (non-hydrogen) atoms. The molecule has 2 N–H and O–H groups in total. The molecule has 0 bridgehead atoms. The number of nitrogens with one attached hydrogen (secondary N) is 2. The maximum atomic E-state index is 13.6. The maximum absolute atomic E-state index is 13.6. The van der Waals surface area contributed by atoms with Crippen LogP contribution in [0.15, 0.2) is 41.6 Å². The lowest BCUT2D eigenvalue weighted by molar-refractivity contribution is -0.242. The fraction of sp³-hybridized carbons (Fsp3) is 0.455. The molecule has 0 radical (unpaired) electrons. The van der Waals surface area contributed by atoms with Gasteiger partial charge in [0.25, 0.3) is 10.0 Å². The minimum Gasteiger partial charge on any atom is -0.482 e. The van der Waals surface area contributed by atoms with Crippen LogP contribution in [0.2, 0.25) is 0 Å². The average molecular weight is 686 g/mol. The Morgan fingerprint density at radius 3 is 2.34 bits per heavy atom. The number of anilines is 2. The third-order valence-corrected chi connectivity index (χ3v) is 8.77.